The highest BCUT2D eigenvalue weighted by atomic mass is 14.0. The molecule has 0 fully saturated rings. The molecule has 2 aromatic carbocycles. The number of hydrogen-bond donors (Lipinski definition) is 0. The van der Waals surface area contributed by atoms with E-state index in [0.29, 0.717) is 0 Å². The highest BCUT2D eigenvalue weighted by Crippen LogP contribution is 2.19. The molecule has 2 aromatic rings. The molecule has 0 aliphatic carbocycles. The minimum absolute atomic E-state index is 1.12. The lowest BCUT2D eigenvalue weighted by molar-refractivity contribution is 1.09. The number of fused-ring (bicyclic) bond motifs is 1. The van der Waals surface area contributed by atoms with Crippen molar-refractivity contribution in [2.45, 2.75) is 27.2 Å². The minimum Gasteiger partial charge on any atom is -0.106 e. The van der Waals surface area contributed by atoms with Crippen molar-refractivity contribution in [2.75, 3.05) is 0 Å². The second-order valence-corrected chi connectivity index (χ2v) is 4.05. The molecule has 0 atom stereocenters. The van der Waals surface area contributed by atoms with Crippen LogP contribution in [0.25, 0.3) is 16.3 Å². The topological polar surface area (TPSA) is 0 Å². The highest BCUT2D eigenvalue weighted by Gasteiger charge is 1.95. The third-order valence-electron chi connectivity index (χ3n) is 2.24. The van der Waals surface area contributed by atoms with Crippen molar-refractivity contribution in [1.82, 2.24) is 0 Å². The summed E-state index contributed by atoms with van der Waals surface area (Å²) in [5.74, 6) is 0. The van der Waals surface area contributed by atoms with Crippen LogP contribution in [-0.2, 0) is 0 Å². The molecule has 0 N–H and O–H groups in total. The summed E-state index contributed by atoms with van der Waals surface area (Å²) in [7, 11) is 0. The molecule has 0 aliphatic heterocycles. The summed E-state index contributed by atoms with van der Waals surface area (Å²) in [5.41, 5.74) is 2.34. The molecule has 0 aromatic heterocycles. The van der Waals surface area contributed by atoms with Gasteiger partial charge in [0.2, 0.25) is 0 Å². The Morgan fingerprint density at radius 3 is 1.94 bits per heavy atom. The summed E-state index contributed by atoms with van der Waals surface area (Å²) in [6, 6.07) is 14.8. The first-order chi connectivity index (χ1) is 8.69. The van der Waals surface area contributed by atoms with Gasteiger partial charge in [-0.15, -0.1) is 13.2 Å². The molecule has 0 nitrogen and oxygen atoms in total. The lowest BCUT2D eigenvalue weighted by Gasteiger charge is -2.01. The van der Waals surface area contributed by atoms with Crippen molar-refractivity contribution in [3.05, 3.63) is 67.8 Å². The van der Waals surface area contributed by atoms with Gasteiger partial charge in [0.05, 0.1) is 0 Å². The van der Waals surface area contributed by atoms with Crippen LogP contribution in [0.5, 0.6) is 0 Å². The molecular formula is C18H24. The molecule has 2 rings (SSSR count). The lowest BCUT2D eigenvalue weighted by atomic mass is 10.0. The Bertz CT molecular complexity index is 480. The summed E-state index contributed by atoms with van der Waals surface area (Å²) in [6.07, 6.45) is 1.25. The first kappa shape index (κ1) is 16.2. The Labute approximate surface area is 112 Å². The monoisotopic (exact) mass is 240 g/mol. The summed E-state index contributed by atoms with van der Waals surface area (Å²) < 4.78 is 0. The third kappa shape index (κ3) is 5.01. The lowest BCUT2D eigenvalue weighted by Crippen LogP contribution is -1.78. The van der Waals surface area contributed by atoms with E-state index in [1.165, 1.54) is 22.8 Å². The Morgan fingerprint density at radius 1 is 0.944 bits per heavy atom. The number of hydrogen-bond acceptors (Lipinski definition) is 0. The highest BCUT2D eigenvalue weighted by molar-refractivity contribution is 5.85. The maximum absolute atomic E-state index is 3.93. The fraction of sp³-hybridized carbons (Fsp3) is 0.222. The van der Waals surface area contributed by atoms with Crippen LogP contribution in [0.1, 0.15) is 32.8 Å². The number of rotatable bonds is 1. The van der Waals surface area contributed by atoms with Gasteiger partial charge < -0.3 is 0 Å². The van der Waals surface area contributed by atoms with Crippen LogP contribution in [0.2, 0.25) is 0 Å². The van der Waals surface area contributed by atoms with E-state index in [9.17, 15) is 0 Å². The van der Waals surface area contributed by atoms with Crippen LogP contribution in [0.3, 0.4) is 0 Å². The van der Waals surface area contributed by atoms with Crippen LogP contribution >= 0.6 is 0 Å². The Hall–Kier alpha value is -1.82. The normalized spacial score (nSPS) is 8.61. The fourth-order valence-electron chi connectivity index (χ4n) is 1.45. The predicted molar refractivity (Wildman–Crippen MR) is 85.9 cm³/mol. The van der Waals surface area contributed by atoms with Crippen molar-refractivity contribution in [3.63, 3.8) is 0 Å². The molecule has 0 unspecified atom stereocenters. The third-order valence-corrected chi connectivity index (χ3v) is 2.24. The molecule has 0 bridgehead atoms. The van der Waals surface area contributed by atoms with E-state index in [4.69, 9.17) is 0 Å². The van der Waals surface area contributed by atoms with Gasteiger partial charge in [-0.05, 0) is 29.3 Å². The first-order valence-electron chi connectivity index (χ1n) is 6.33. The van der Waals surface area contributed by atoms with Gasteiger partial charge >= 0.3 is 0 Å². The molecular weight excluding hydrogens is 216 g/mol. The average Bonchev–Trinajstić information content (AvgIpc) is 2.41. The Balaban J connectivity index is 0.000000509. The van der Waals surface area contributed by atoms with Crippen LogP contribution < -0.4 is 0 Å². The first-order valence-corrected chi connectivity index (χ1v) is 6.33. The van der Waals surface area contributed by atoms with Gasteiger partial charge in [0.15, 0.2) is 0 Å². The molecule has 0 amide bonds. The maximum atomic E-state index is 3.93. The second kappa shape index (κ2) is 9.23. The van der Waals surface area contributed by atoms with E-state index >= 15 is 0 Å². The molecule has 0 spiro atoms. The number of allylic oxidation sites excluding steroid dienone is 1. The Kier molecular flexibility index (Phi) is 8.30. The van der Waals surface area contributed by atoms with Crippen molar-refractivity contribution in [1.29, 1.82) is 0 Å². The van der Waals surface area contributed by atoms with E-state index in [0.717, 1.165) is 5.57 Å². The van der Waals surface area contributed by atoms with Crippen LogP contribution in [0.4, 0.5) is 0 Å². The van der Waals surface area contributed by atoms with Gasteiger partial charge in [-0.3, -0.25) is 0 Å². The number of benzene rings is 2. The molecule has 0 radical (unpaired) electrons. The van der Waals surface area contributed by atoms with E-state index < -0.39 is 0 Å². The molecule has 0 heterocycles. The SMILES string of the molecule is C=C.C=C(C)c1ccc2ccccc2c1.CCC. The summed E-state index contributed by atoms with van der Waals surface area (Å²) in [6.45, 7) is 16.2. The van der Waals surface area contributed by atoms with Crippen molar-refractivity contribution in [3.8, 4) is 0 Å². The van der Waals surface area contributed by atoms with Gasteiger partial charge in [0.25, 0.3) is 0 Å². The van der Waals surface area contributed by atoms with Crippen molar-refractivity contribution < 1.29 is 0 Å². The van der Waals surface area contributed by atoms with Crippen LogP contribution in [0, 0.1) is 0 Å². The van der Waals surface area contributed by atoms with Gasteiger partial charge in [-0.1, -0.05) is 68.8 Å². The molecule has 18 heavy (non-hydrogen) atoms. The summed E-state index contributed by atoms with van der Waals surface area (Å²) >= 11 is 0. The molecule has 0 saturated heterocycles. The zero-order valence-corrected chi connectivity index (χ0v) is 11.9. The zero-order chi connectivity index (χ0) is 14.0. The molecule has 0 heteroatoms. The maximum Gasteiger partial charge on any atom is -0.0178 e. The quantitative estimate of drug-likeness (QED) is 0.529. The smallest absolute Gasteiger partial charge is 0.0178 e. The van der Waals surface area contributed by atoms with Gasteiger partial charge in [0.1, 0.15) is 0 Å². The minimum atomic E-state index is 1.12. The van der Waals surface area contributed by atoms with Gasteiger partial charge in [-0.2, -0.15) is 0 Å². The molecule has 0 saturated carbocycles. The van der Waals surface area contributed by atoms with Crippen molar-refractivity contribution in [2.24, 2.45) is 0 Å². The van der Waals surface area contributed by atoms with E-state index in [-0.39, 0.29) is 0 Å². The molecule has 96 valence electrons. The summed E-state index contributed by atoms with van der Waals surface area (Å²) in [5, 5.41) is 2.57. The van der Waals surface area contributed by atoms with Gasteiger partial charge in [-0.25, -0.2) is 0 Å². The zero-order valence-electron chi connectivity index (χ0n) is 11.9. The van der Waals surface area contributed by atoms with E-state index in [1.54, 1.807) is 0 Å². The second-order valence-electron chi connectivity index (χ2n) is 4.05. The van der Waals surface area contributed by atoms with Gasteiger partial charge in [0, 0.05) is 0 Å². The van der Waals surface area contributed by atoms with Crippen molar-refractivity contribution >= 4 is 16.3 Å². The Morgan fingerprint density at radius 2 is 1.44 bits per heavy atom. The van der Waals surface area contributed by atoms with E-state index in [2.05, 4.69) is 76.0 Å². The largest absolute Gasteiger partial charge is 0.106 e. The van der Waals surface area contributed by atoms with E-state index in [1.807, 2.05) is 6.92 Å². The van der Waals surface area contributed by atoms with Crippen LogP contribution in [0.15, 0.2) is 62.2 Å². The standard InChI is InChI=1S/C13H12.C3H8.C2H4/c1-10(2)12-8-7-11-5-3-4-6-13(11)9-12;1-3-2;1-2/h3-9H,1H2,2H3;3H2,1-2H3;1-2H2. The fourth-order valence-corrected chi connectivity index (χ4v) is 1.45. The average molecular weight is 240 g/mol. The summed E-state index contributed by atoms with van der Waals surface area (Å²) in [4.78, 5) is 0. The predicted octanol–water partition coefficient (Wildman–Crippen LogP) is 6.09. The van der Waals surface area contributed by atoms with Crippen LogP contribution in [-0.4, -0.2) is 0 Å². The molecule has 0 aliphatic rings.